The van der Waals surface area contributed by atoms with Crippen molar-refractivity contribution in [3.63, 3.8) is 0 Å². The quantitative estimate of drug-likeness (QED) is 0.590. The monoisotopic (exact) mass is 314 g/mol. The Morgan fingerprint density at radius 1 is 1.00 bits per heavy atom. The number of alkyl halides is 3. The van der Waals surface area contributed by atoms with Crippen LogP contribution in [0.4, 0.5) is 13.2 Å². The normalized spacial score (nSPS) is 12.9. The average Bonchev–Trinajstić information content (AvgIpc) is 1.97. The van der Waals surface area contributed by atoms with E-state index < -0.39 is 35.8 Å². The first-order valence-electron chi connectivity index (χ1n) is 3.27. The molecule has 0 aliphatic rings. The maximum absolute atomic E-state index is 12.2. The predicted octanol–water partition coefficient (Wildman–Crippen LogP) is 2.73. The minimum Gasteiger partial charge on any atom is -0.214 e. The van der Waals surface area contributed by atoms with E-state index in [4.69, 9.17) is 34.8 Å². The van der Waals surface area contributed by atoms with E-state index in [9.17, 15) is 21.6 Å². The van der Waals surface area contributed by atoms with Gasteiger partial charge < -0.3 is 0 Å². The molecule has 1 aromatic rings. The summed E-state index contributed by atoms with van der Waals surface area (Å²) in [5, 5.41) is -2.53. The molecule has 0 saturated carbocycles. The molecule has 0 amide bonds. The van der Waals surface area contributed by atoms with Gasteiger partial charge >= 0.3 is 5.51 Å². The van der Waals surface area contributed by atoms with Crippen molar-refractivity contribution in [1.29, 1.82) is 0 Å². The highest BCUT2D eigenvalue weighted by Crippen LogP contribution is 2.37. The number of aromatic nitrogens is 2. The van der Waals surface area contributed by atoms with E-state index in [1.54, 1.807) is 0 Å². The standard InChI is InChI=1S/C5Cl3F3N2O2S/c6-2-1(3(7)13-4(8)12-2)16(14,15)5(9,10)11. The number of nitrogens with zero attached hydrogens (tertiary/aromatic N) is 2. The average molecular weight is 315 g/mol. The van der Waals surface area contributed by atoms with Gasteiger partial charge in [-0.15, -0.1) is 0 Å². The molecule has 1 aromatic heterocycles. The van der Waals surface area contributed by atoms with Crippen molar-refractivity contribution in [3.8, 4) is 0 Å². The first-order valence-corrected chi connectivity index (χ1v) is 5.89. The van der Waals surface area contributed by atoms with Crippen molar-refractivity contribution in [3.05, 3.63) is 15.6 Å². The number of halogens is 6. The molecule has 0 radical (unpaired) electrons. The highest BCUT2D eigenvalue weighted by atomic mass is 35.5. The first-order chi connectivity index (χ1) is 7.07. The molecule has 4 nitrogen and oxygen atoms in total. The second-order valence-electron chi connectivity index (χ2n) is 2.35. The van der Waals surface area contributed by atoms with Gasteiger partial charge in [-0.05, 0) is 11.6 Å². The molecule has 0 atom stereocenters. The van der Waals surface area contributed by atoms with Crippen LogP contribution in [-0.4, -0.2) is 23.9 Å². The highest BCUT2D eigenvalue weighted by molar-refractivity contribution is 7.92. The minimum atomic E-state index is -5.70. The Hall–Kier alpha value is -0.310. The topological polar surface area (TPSA) is 59.9 Å². The first kappa shape index (κ1) is 13.8. The SMILES string of the molecule is O=S(=O)(c1c(Cl)nc(Cl)nc1Cl)C(F)(F)F. The molecule has 90 valence electrons. The Kier molecular flexibility index (Phi) is 3.59. The Morgan fingerprint density at radius 2 is 1.38 bits per heavy atom. The van der Waals surface area contributed by atoms with Crippen LogP contribution < -0.4 is 0 Å². The molecule has 16 heavy (non-hydrogen) atoms. The van der Waals surface area contributed by atoms with Crippen LogP contribution in [-0.2, 0) is 9.84 Å². The molecular weight excluding hydrogens is 315 g/mol. The van der Waals surface area contributed by atoms with Crippen molar-refractivity contribution in [2.75, 3.05) is 0 Å². The molecule has 0 saturated heterocycles. The van der Waals surface area contributed by atoms with Crippen LogP contribution in [0.3, 0.4) is 0 Å². The Balaban J connectivity index is 3.59. The second kappa shape index (κ2) is 4.17. The second-order valence-corrected chi connectivity index (χ2v) is 5.28. The number of hydrogen-bond donors (Lipinski definition) is 0. The van der Waals surface area contributed by atoms with E-state index in [0.29, 0.717) is 0 Å². The van der Waals surface area contributed by atoms with Gasteiger partial charge in [0.1, 0.15) is 0 Å². The van der Waals surface area contributed by atoms with Gasteiger partial charge in [0.15, 0.2) is 15.2 Å². The molecule has 0 aliphatic carbocycles. The largest absolute Gasteiger partial charge is 0.502 e. The van der Waals surface area contributed by atoms with E-state index in [1.807, 2.05) is 0 Å². The van der Waals surface area contributed by atoms with Crippen LogP contribution in [0.2, 0.25) is 15.6 Å². The van der Waals surface area contributed by atoms with E-state index in [1.165, 1.54) is 0 Å². The van der Waals surface area contributed by atoms with Gasteiger partial charge in [-0.25, -0.2) is 18.4 Å². The third-order valence-corrected chi connectivity index (χ3v) is 3.80. The maximum atomic E-state index is 12.2. The molecule has 0 N–H and O–H groups in total. The molecule has 0 spiro atoms. The van der Waals surface area contributed by atoms with Crippen LogP contribution in [0.15, 0.2) is 4.90 Å². The molecule has 1 heterocycles. The lowest BCUT2D eigenvalue weighted by Gasteiger charge is -2.09. The molecule has 0 bridgehead atoms. The van der Waals surface area contributed by atoms with Crippen molar-refractivity contribution >= 4 is 44.6 Å². The summed E-state index contributed by atoms with van der Waals surface area (Å²) in [6, 6.07) is 0. The van der Waals surface area contributed by atoms with Crippen LogP contribution in [0.25, 0.3) is 0 Å². The summed E-state index contributed by atoms with van der Waals surface area (Å²) in [5.41, 5.74) is -5.54. The van der Waals surface area contributed by atoms with Gasteiger partial charge in [-0.3, -0.25) is 0 Å². The summed E-state index contributed by atoms with van der Waals surface area (Å²) in [6.45, 7) is 0. The van der Waals surface area contributed by atoms with Crippen LogP contribution in [0, 0.1) is 0 Å². The number of hydrogen-bond acceptors (Lipinski definition) is 4. The zero-order valence-corrected chi connectivity index (χ0v) is 9.97. The molecule has 0 fully saturated rings. The molecule has 0 aromatic carbocycles. The number of rotatable bonds is 1. The lowest BCUT2D eigenvalue weighted by molar-refractivity contribution is -0.0436. The van der Waals surface area contributed by atoms with Gasteiger partial charge in [-0.2, -0.15) is 13.2 Å². The fourth-order valence-corrected chi connectivity index (χ4v) is 2.73. The van der Waals surface area contributed by atoms with Gasteiger partial charge in [0.25, 0.3) is 9.84 Å². The lowest BCUT2D eigenvalue weighted by atomic mass is 10.7. The Bertz CT molecular complexity index is 507. The van der Waals surface area contributed by atoms with Crippen molar-refractivity contribution in [2.45, 2.75) is 10.4 Å². The third kappa shape index (κ3) is 2.34. The van der Waals surface area contributed by atoms with Crippen LogP contribution >= 0.6 is 34.8 Å². The summed E-state index contributed by atoms with van der Waals surface area (Å²) >= 11 is 15.7. The predicted molar refractivity (Wildman–Crippen MR) is 50.3 cm³/mol. The third-order valence-electron chi connectivity index (χ3n) is 1.33. The summed E-state index contributed by atoms with van der Waals surface area (Å²) in [7, 11) is -5.70. The maximum Gasteiger partial charge on any atom is 0.502 e. The van der Waals surface area contributed by atoms with E-state index in [-0.39, 0.29) is 0 Å². The highest BCUT2D eigenvalue weighted by Gasteiger charge is 2.49. The Morgan fingerprint density at radius 3 is 1.69 bits per heavy atom. The van der Waals surface area contributed by atoms with Crippen molar-refractivity contribution in [1.82, 2.24) is 9.97 Å². The van der Waals surface area contributed by atoms with Gasteiger partial charge in [0, 0.05) is 0 Å². The smallest absolute Gasteiger partial charge is 0.214 e. The summed E-state index contributed by atoms with van der Waals surface area (Å²) in [6.07, 6.45) is 0. The van der Waals surface area contributed by atoms with E-state index in [0.717, 1.165) is 0 Å². The zero-order valence-electron chi connectivity index (χ0n) is 6.89. The number of sulfone groups is 1. The van der Waals surface area contributed by atoms with E-state index >= 15 is 0 Å². The lowest BCUT2D eigenvalue weighted by Crippen LogP contribution is -2.24. The molecule has 0 aliphatic heterocycles. The fraction of sp³-hybridized carbons (Fsp3) is 0.200. The summed E-state index contributed by atoms with van der Waals surface area (Å²) < 4.78 is 58.5. The van der Waals surface area contributed by atoms with Crippen molar-refractivity contribution in [2.24, 2.45) is 0 Å². The van der Waals surface area contributed by atoms with Crippen LogP contribution in [0.1, 0.15) is 0 Å². The molecule has 11 heteroatoms. The van der Waals surface area contributed by atoms with Crippen molar-refractivity contribution < 1.29 is 21.6 Å². The molecule has 0 unspecified atom stereocenters. The fourth-order valence-electron chi connectivity index (χ4n) is 0.711. The Labute approximate surface area is 102 Å². The van der Waals surface area contributed by atoms with Gasteiger partial charge in [0.2, 0.25) is 5.28 Å². The van der Waals surface area contributed by atoms with Gasteiger partial charge in [0.05, 0.1) is 0 Å². The molecular formula is C5Cl3F3N2O2S. The van der Waals surface area contributed by atoms with Crippen LogP contribution in [0.5, 0.6) is 0 Å². The zero-order chi connectivity index (χ0) is 12.7. The molecule has 1 rings (SSSR count). The summed E-state index contributed by atoms with van der Waals surface area (Å²) in [4.78, 5) is 4.73. The van der Waals surface area contributed by atoms with Gasteiger partial charge in [-0.1, -0.05) is 23.2 Å². The van der Waals surface area contributed by atoms with E-state index in [2.05, 4.69) is 9.97 Å². The summed E-state index contributed by atoms with van der Waals surface area (Å²) in [5.74, 6) is 0. The minimum absolute atomic E-state index is 0.559.